The summed E-state index contributed by atoms with van der Waals surface area (Å²) in [6, 6.07) is 1.96. The molecular formula is C19H30ClN7O. The molecule has 2 aliphatic rings. The van der Waals surface area contributed by atoms with E-state index in [9.17, 15) is 4.79 Å². The number of hydrogen-bond acceptors (Lipinski definition) is 5. The molecule has 1 amide bonds. The van der Waals surface area contributed by atoms with E-state index in [1.807, 2.05) is 22.6 Å². The minimum atomic E-state index is 0. The van der Waals surface area contributed by atoms with Gasteiger partial charge >= 0.3 is 0 Å². The lowest BCUT2D eigenvalue weighted by atomic mass is 9.95. The predicted molar refractivity (Wildman–Crippen MR) is 109 cm³/mol. The van der Waals surface area contributed by atoms with Gasteiger partial charge in [0.1, 0.15) is 17.3 Å². The quantitative estimate of drug-likeness (QED) is 0.839. The Kier molecular flexibility index (Phi) is 6.40. The topological polar surface area (TPSA) is 80.9 Å². The molecule has 0 radical (unpaired) electrons. The first-order valence-electron chi connectivity index (χ1n) is 10.1. The highest BCUT2D eigenvalue weighted by atomic mass is 35.5. The van der Waals surface area contributed by atoms with E-state index >= 15 is 0 Å². The number of likely N-dealkylation sites (tertiary alicyclic amines) is 1. The smallest absolute Gasteiger partial charge is 0.272 e. The molecule has 1 N–H and O–H groups in total. The minimum absolute atomic E-state index is 0. The third kappa shape index (κ3) is 3.80. The van der Waals surface area contributed by atoms with Gasteiger partial charge in [-0.2, -0.15) is 5.10 Å². The van der Waals surface area contributed by atoms with Crippen LogP contribution in [0.1, 0.15) is 73.3 Å². The summed E-state index contributed by atoms with van der Waals surface area (Å²) >= 11 is 0. The van der Waals surface area contributed by atoms with Crippen molar-refractivity contribution in [3.05, 3.63) is 29.1 Å². The highest BCUT2D eigenvalue weighted by Crippen LogP contribution is 2.29. The Morgan fingerprint density at radius 3 is 2.68 bits per heavy atom. The first-order chi connectivity index (χ1) is 13.1. The average molecular weight is 408 g/mol. The number of rotatable bonds is 4. The first kappa shape index (κ1) is 20.8. The van der Waals surface area contributed by atoms with Crippen LogP contribution in [0.5, 0.6) is 0 Å². The van der Waals surface area contributed by atoms with E-state index < -0.39 is 0 Å². The summed E-state index contributed by atoms with van der Waals surface area (Å²) < 4.78 is 4.10. The van der Waals surface area contributed by atoms with Gasteiger partial charge in [-0.15, -0.1) is 22.6 Å². The van der Waals surface area contributed by atoms with E-state index in [4.69, 9.17) is 0 Å². The van der Waals surface area contributed by atoms with E-state index in [0.29, 0.717) is 24.1 Å². The number of carbonyl (C=O) groups excluding carboxylic acids is 1. The molecule has 9 heteroatoms. The molecule has 1 fully saturated rings. The molecule has 28 heavy (non-hydrogen) atoms. The van der Waals surface area contributed by atoms with E-state index in [1.54, 1.807) is 0 Å². The number of aryl methyl sites for hydroxylation is 1. The van der Waals surface area contributed by atoms with Gasteiger partial charge in [-0.1, -0.05) is 13.8 Å². The summed E-state index contributed by atoms with van der Waals surface area (Å²) in [4.78, 5) is 15.0. The Labute approximate surface area is 172 Å². The van der Waals surface area contributed by atoms with Crippen LogP contribution in [0.4, 0.5) is 0 Å². The van der Waals surface area contributed by atoms with Crippen molar-refractivity contribution in [1.29, 1.82) is 0 Å². The summed E-state index contributed by atoms with van der Waals surface area (Å²) in [5, 5.41) is 16.7. The second-order valence-corrected chi connectivity index (χ2v) is 7.79. The molecule has 1 saturated heterocycles. The van der Waals surface area contributed by atoms with Crippen LogP contribution < -0.4 is 5.32 Å². The van der Waals surface area contributed by atoms with E-state index in [1.165, 1.54) is 0 Å². The van der Waals surface area contributed by atoms with Crippen molar-refractivity contribution in [2.75, 3.05) is 19.6 Å². The van der Waals surface area contributed by atoms with Crippen molar-refractivity contribution in [1.82, 2.24) is 34.8 Å². The van der Waals surface area contributed by atoms with Crippen LogP contribution >= 0.6 is 12.4 Å². The molecule has 0 spiro atoms. The molecule has 2 aromatic heterocycles. The molecule has 0 saturated carbocycles. The molecule has 0 aromatic carbocycles. The molecule has 8 nitrogen and oxygen atoms in total. The first-order valence-corrected chi connectivity index (χ1v) is 10.1. The van der Waals surface area contributed by atoms with Crippen molar-refractivity contribution in [2.45, 2.75) is 65.1 Å². The Morgan fingerprint density at radius 1 is 1.25 bits per heavy atom. The number of amides is 1. The van der Waals surface area contributed by atoms with Gasteiger partial charge < -0.3 is 14.8 Å². The number of piperidine rings is 1. The zero-order valence-corrected chi connectivity index (χ0v) is 17.7. The van der Waals surface area contributed by atoms with Crippen molar-refractivity contribution < 1.29 is 4.79 Å². The summed E-state index contributed by atoms with van der Waals surface area (Å²) in [5.41, 5.74) is 1.70. The molecule has 0 bridgehead atoms. The fourth-order valence-electron chi connectivity index (χ4n) is 4.05. The fraction of sp³-hybridized carbons (Fsp3) is 0.684. The second-order valence-electron chi connectivity index (χ2n) is 7.79. The summed E-state index contributed by atoms with van der Waals surface area (Å²) in [6.45, 7) is 11.2. The predicted octanol–water partition coefficient (Wildman–Crippen LogP) is 2.16. The number of hydrogen-bond donors (Lipinski definition) is 1. The van der Waals surface area contributed by atoms with E-state index in [0.717, 1.165) is 62.9 Å². The van der Waals surface area contributed by atoms with Crippen LogP contribution in [0.3, 0.4) is 0 Å². The van der Waals surface area contributed by atoms with Crippen molar-refractivity contribution in [3.8, 4) is 0 Å². The van der Waals surface area contributed by atoms with E-state index in [-0.39, 0.29) is 18.3 Å². The van der Waals surface area contributed by atoms with Crippen LogP contribution in [0.2, 0.25) is 0 Å². The van der Waals surface area contributed by atoms with Crippen LogP contribution in [-0.4, -0.2) is 55.0 Å². The molecular weight excluding hydrogens is 378 g/mol. The van der Waals surface area contributed by atoms with Crippen LogP contribution in [0.15, 0.2) is 6.07 Å². The van der Waals surface area contributed by atoms with Gasteiger partial charge in [-0.3, -0.25) is 9.48 Å². The monoisotopic (exact) mass is 407 g/mol. The number of nitrogens with one attached hydrogen (secondary N) is 1. The van der Waals surface area contributed by atoms with E-state index in [2.05, 4.69) is 39.0 Å². The van der Waals surface area contributed by atoms with Gasteiger partial charge in [0.05, 0.1) is 12.2 Å². The molecule has 0 atom stereocenters. The Morgan fingerprint density at radius 2 is 2.00 bits per heavy atom. The molecule has 154 valence electrons. The van der Waals surface area contributed by atoms with Gasteiger partial charge in [-0.05, 0) is 31.7 Å². The highest BCUT2D eigenvalue weighted by Gasteiger charge is 2.30. The second kappa shape index (κ2) is 8.61. The van der Waals surface area contributed by atoms with Gasteiger partial charge in [0, 0.05) is 38.6 Å². The molecule has 0 unspecified atom stereocenters. The molecule has 4 rings (SSSR count). The fourth-order valence-corrected chi connectivity index (χ4v) is 4.05. The van der Waals surface area contributed by atoms with Crippen molar-refractivity contribution in [3.63, 3.8) is 0 Å². The maximum absolute atomic E-state index is 13.1. The Bertz CT molecular complexity index is 820. The maximum atomic E-state index is 13.1. The molecule has 2 aromatic rings. The number of carbonyl (C=O) groups is 1. The standard InChI is InChI=1S/C19H29N7O.ClH/c1-4-26-16(11-15(23-26)13(2)3)19(27)24-8-5-14(6-9-24)18-22-21-17-12-20-7-10-25(17)18;/h11,13-14,20H,4-10,12H2,1-3H3;1H. The summed E-state index contributed by atoms with van der Waals surface area (Å²) in [5.74, 6) is 2.93. The lowest BCUT2D eigenvalue weighted by Gasteiger charge is -2.32. The van der Waals surface area contributed by atoms with Gasteiger partial charge in [0.15, 0.2) is 0 Å². The van der Waals surface area contributed by atoms with Crippen molar-refractivity contribution in [2.24, 2.45) is 0 Å². The Balaban J connectivity index is 0.00000225. The number of fused-ring (bicyclic) bond motifs is 1. The number of halogens is 1. The third-order valence-electron chi connectivity index (χ3n) is 5.71. The lowest BCUT2D eigenvalue weighted by Crippen LogP contribution is -2.39. The van der Waals surface area contributed by atoms with Crippen LogP contribution in [0.25, 0.3) is 0 Å². The average Bonchev–Trinajstić information content (AvgIpc) is 3.32. The zero-order valence-electron chi connectivity index (χ0n) is 16.9. The largest absolute Gasteiger partial charge is 0.337 e. The van der Waals surface area contributed by atoms with Gasteiger partial charge in [0.2, 0.25) is 0 Å². The van der Waals surface area contributed by atoms with Crippen LogP contribution in [0, 0.1) is 0 Å². The maximum Gasteiger partial charge on any atom is 0.272 e. The SMILES string of the molecule is CCn1nc(C(C)C)cc1C(=O)N1CCC(c2nnc3n2CCNC3)CC1.Cl. The Hall–Kier alpha value is -1.93. The third-order valence-corrected chi connectivity index (χ3v) is 5.71. The molecule has 4 heterocycles. The summed E-state index contributed by atoms with van der Waals surface area (Å²) in [6.07, 6.45) is 1.88. The van der Waals surface area contributed by atoms with Gasteiger partial charge in [0.25, 0.3) is 5.91 Å². The van der Waals surface area contributed by atoms with Gasteiger partial charge in [-0.25, -0.2) is 0 Å². The molecule has 0 aliphatic carbocycles. The lowest BCUT2D eigenvalue weighted by molar-refractivity contribution is 0.0697. The van der Waals surface area contributed by atoms with Crippen LogP contribution in [-0.2, 0) is 19.6 Å². The summed E-state index contributed by atoms with van der Waals surface area (Å²) in [7, 11) is 0. The number of nitrogens with zero attached hydrogens (tertiary/aromatic N) is 6. The normalized spacial score (nSPS) is 17.5. The minimum Gasteiger partial charge on any atom is -0.337 e. The van der Waals surface area contributed by atoms with Crippen molar-refractivity contribution >= 4 is 18.3 Å². The zero-order chi connectivity index (χ0) is 19.0. The highest BCUT2D eigenvalue weighted by molar-refractivity contribution is 5.92. The molecule has 2 aliphatic heterocycles. The number of aromatic nitrogens is 5.